The second-order valence-electron chi connectivity index (χ2n) is 6.63. The maximum Gasteiger partial charge on any atom is 0.346 e. The molecule has 2 N–H and O–H groups in total. The summed E-state index contributed by atoms with van der Waals surface area (Å²) in [5.41, 5.74) is 2.69. The Kier molecular flexibility index (Phi) is 4.98. The molecule has 4 rings (SSSR count). The molecule has 0 spiro atoms. The van der Waals surface area contributed by atoms with Gasteiger partial charge < -0.3 is 19.9 Å². The van der Waals surface area contributed by atoms with Crippen LogP contribution in [-0.4, -0.2) is 31.2 Å². The van der Waals surface area contributed by atoms with E-state index in [1.165, 1.54) is 11.3 Å². The lowest BCUT2D eigenvalue weighted by molar-refractivity contribution is -0.116. The first-order valence-electron chi connectivity index (χ1n) is 9.00. The van der Waals surface area contributed by atoms with Crippen molar-refractivity contribution in [1.29, 1.82) is 0 Å². The molecule has 0 unspecified atom stereocenters. The number of carbonyl (C=O) groups is 2. The van der Waals surface area contributed by atoms with E-state index in [1.807, 2.05) is 42.5 Å². The lowest BCUT2D eigenvalue weighted by atomic mass is 9.88. The zero-order valence-electron chi connectivity index (χ0n) is 15.9. The SMILES string of the molecule is COc1ccc([C@H]2CC(=O)Nc3c2sc(C(=O)O)c3-c2ccccc2)c(OC)c1. The number of methoxy groups -OCH3 is 2. The number of aromatic carboxylic acids is 1. The molecule has 1 amide bonds. The molecule has 7 heteroatoms. The molecule has 2 aromatic carbocycles. The second-order valence-corrected chi connectivity index (χ2v) is 7.68. The van der Waals surface area contributed by atoms with E-state index >= 15 is 0 Å². The fourth-order valence-corrected chi connectivity index (χ4v) is 4.91. The molecule has 3 aromatic rings. The molecular weight excluding hydrogens is 390 g/mol. The quantitative estimate of drug-likeness (QED) is 0.643. The van der Waals surface area contributed by atoms with Crippen molar-refractivity contribution in [3.8, 4) is 22.6 Å². The maximum absolute atomic E-state index is 12.6. The average Bonchev–Trinajstić information content (AvgIpc) is 3.13. The Bertz CT molecular complexity index is 1090. The number of thiophene rings is 1. The molecule has 0 aliphatic carbocycles. The van der Waals surface area contributed by atoms with Crippen LogP contribution in [0.5, 0.6) is 11.5 Å². The van der Waals surface area contributed by atoms with Gasteiger partial charge in [-0.25, -0.2) is 4.79 Å². The number of hydrogen-bond donors (Lipinski definition) is 2. The molecule has 29 heavy (non-hydrogen) atoms. The minimum absolute atomic E-state index is 0.160. The van der Waals surface area contributed by atoms with Crippen LogP contribution in [0.2, 0.25) is 0 Å². The van der Waals surface area contributed by atoms with E-state index in [9.17, 15) is 14.7 Å². The Balaban J connectivity index is 1.93. The van der Waals surface area contributed by atoms with Crippen molar-refractivity contribution in [2.24, 2.45) is 0 Å². The zero-order chi connectivity index (χ0) is 20.5. The first-order valence-corrected chi connectivity index (χ1v) is 9.82. The van der Waals surface area contributed by atoms with Gasteiger partial charge in [0.2, 0.25) is 5.91 Å². The van der Waals surface area contributed by atoms with Crippen LogP contribution in [0, 0.1) is 0 Å². The average molecular weight is 409 g/mol. The predicted molar refractivity (Wildman–Crippen MR) is 111 cm³/mol. The first-order chi connectivity index (χ1) is 14.0. The highest BCUT2D eigenvalue weighted by atomic mass is 32.1. The van der Waals surface area contributed by atoms with Gasteiger partial charge in [0.05, 0.1) is 19.9 Å². The van der Waals surface area contributed by atoms with Crippen molar-refractivity contribution in [3.05, 3.63) is 63.8 Å². The predicted octanol–water partition coefficient (Wildman–Crippen LogP) is 4.60. The van der Waals surface area contributed by atoms with Crippen LogP contribution in [-0.2, 0) is 4.79 Å². The molecule has 148 valence electrons. The minimum Gasteiger partial charge on any atom is -0.497 e. The molecule has 6 nitrogen and oxygen atoms in total. The normalized spacial score (nSPS) is 15.4. The Morgan fingerprint density at radius 2 is 1.90 bits per heavy atom. The van der Waals surface area contributed by atoms with Crippen molar-refractivity contribution in [2.45, 2.75) is 12.3 Å². The van der Waals surface area contributed by atoms with Crippen LogP contribution in [0.15, 0.2) is 48.5 Å². The molecule has 1 aliphatic heterocycles. The largest absolute Gasteiger partial charge is 0.497 e. The lowest BCUT2D eigenvalue weighted by Crippen LogP contribution is -2.22. The summed E-state index contributed by atoms with van der Waals surface area (Å²) in [5, 5.41) is 12.7. The number of amides is 1. The number of carboxylic acids is 1. The smallest absolute Gasteiger partial charge is 0.346 e. The van der Waals surface area contributed by atoms with Crippen LogP contribution >= 0.6 is 11.3 Å². The van der Waals surface area contributed by atoms with E-state index in [2.05, 4.69) is 5.32 Å². The van der Waals surface area contributed by atoms with Crippen molar-refractivity contribution in [2.75, 3.05) is 19.5 Å². The molecule has 2 heterocycles. The fraction of sp³-hybridized carbons (Fsp3) is 0.182. The van der Waals surface area contributed by atoms with E-state index in [4.69, 9.17) is 9.47 Å². The Labute approximate surface area is 171 Å². The van der Waals surface area contributed by atoms with E-state index in [-0.39, 0.29) is 23.1 Å². The van der Waals surface area contributed by atoms with Crippen LogP contribution in [0.3, 0.4) is 0 Å². The van der Waals surface area contributed by atoms with Gasteiger partial charge in [0.1, 0.15) is 16.4 Å². The van der Waals surface area contributed by atoms with Gasteiger partial charge in [-0.05, 0) is 11.6 Å². The Morgan fingerprint density at radius 1 is 1.14 bits per heavy atom. The van der Waals surface area contributed by atoms with Crippen LogP contribution < -0.4 is 14.8 Å². The summed E-state index contributed by atoms with van der Waals surface area (Å²) in [6, 6.07) is 14.7. The van der Waals surface area contributed by atoms with E-state index in [1.54, 1.807) is 20.3 Å². The monoisotopic (exact) mass is 409 g/mol. The van der Waals surface area contributed by atoms with Crippen LogP contribution in [0.4, 0.5) is 5.69 Å². The van der Waals surface area contributed by atoms with Gasteiger partial charge in [-0.15, -0.1) is 11.3 Å². The van der Waals surface area contributed by atoms with Gasteiger partial charge in [0.15, 0.2) is 0 Å². The molecule has 0 saturated carbocycles. The van der Waals surface area contributed by atoms with Crippen molar-refractivity contribution >= 4 is 28.9 Å². The summed E-state index contributed by atoms with van der Waals surface area (Å²) in [4.78, 5) is 25.6. The summed E-state index contributed by atoms with van der Waals surface area (Å²) in [6.45, 7) is 0. The summed E-state index contributed by atoms with van der Waals surface area (Å²) >= 11 is 1.20. The molecule has 1 aliphatic rings. The summed E-state index contributed by atoms with van der Waals surface area (Å²) in [6.07, 6.45) is 0.212. The number of hydrogen-bond acceptors (Lipinski definition) is 5. The number of rotatable bonds is 5. The van der Waals surface area contributed by atoms with E-state index < -0.39 is 5.97 Å². The highest BCUT2D eigenvalue weighted by Crippen LogP contribution is 2.51. The van der Waals surface area contributed by atoms with Crippen molar-refractivity contribution in [1.82, 2.24) is 0 Å². The number of fused-ring (bicyclic) bond motifs is 1. The minimum atomic E-state index is -1.02. The number of anilines is 1. The molecule has 1 aromatic heterocycles. The van der Waals surface area contributed by atoms with Crippen LogP contribution in [0.25, 0.3) is 11.1 Å². The number of ether oxygens (including phenoxy) is 2. The third-order valence-electron chi connectivity index (χ3n) is 4.98. The third kappa shape index (κ3) is 3.34. The number of carboxylic acid groups (broad SMARTS) is 1. The van der Waals surface area contributed by atoms with Gasteiger partial charge in [0.25, 0.3) is 0 Å². The van der Waals surface area contributed by atoms with E-state index in [0.29, 0.717) is 22.7 Å². The van der Waals surface area contributed by atoms with Crippen molar-refractivity contribution < 1.29 is 24.2 Å². The lowest BCUT2D eigenvalue weighted by Gasteiger charge is -2.25. The van der Waals surface area contributed by atoms with Crippen molar-refractivity contribution in [3.63, 3.8) is 0 Å². The third-order valence-corrected chi connectivity index (χ3v) is 6.27. The highest BCUT2D eigenvalue weighted by molar-refractivity contribution is 7.15. The molecule has 0 fully saturated rings. The molecule has 1 atom stereocenters. The Hall–Kier alpha value is -3.32. The van der Waals surface area contributed by atoms with Gasteiger partial charge >= 0.3 is 5.97 Å². The molecule has 0 bridgehead atoms. The molecule has 0 radical (unpaired) electrons. The Morgan fingerprint density at radius 3 is 2.55 bits per heavy atom. The molecule has 0 saturated heterocycles. The number of nitrogens with one attached hydrogen (secondary N) is 1. The highest BCUT2D eigenvalue weighted by Gasteiger charge is 2.35. The maximum atomic E-state index is 12.6. The summed E-state index contributed by atoms with van der Waals surface area (Å²) in [5.74, 6) is -0.236. The summed E-state index contributed by atoms with van der Waals surface area (Å²) < 4.78 is 10.8. The topological polar surface area (TPSA) is 84.9 Å². The van der Waals surface area contributed by atoms with Gasteiger partial charge in [-0.2, -0.15) is 0 Å². The van der Waals surface area contributed by atoms with Gasteiger partial charge in [-0.1, -0.05) is 36.4 Å². The number of benzene rings is 2. The standard InChI is InChI=1S/C22H19NO5S/c1-27-13-8-9-14(16(10-13)28-2)15-11-17(24)23-19-18(12-6-4-3-5-7-12)21(22(25)26)29-20(15)19/h3-10,15H,11H2,1-2H3,(H,23,24)(H,25,26)/t15-/m1/s1. The number of carbonyl (C=O) groups excluding carboxylic acids is 1. The van der Waals surface area contributed by atoms with Crippen LogP contribution in [0.1, 0.15) is 32.5 Å². The van der Waals surface area contributed by atoms with Gasteiger partial charge in [-0.3, -0.25) is 4.79 Å². The first kappa shape index (κ1) is 19.0. The second kappa shape index (κ2) is 7.60. The summed E-state index contributed by atoms with van der Waals surface area (Å²) in [7, 11) is 3.14. The van der Waals surface area contributed by atoms with E-state index in [0.717, 1.165) is 16.0 Å². The fourth-order valence-electron chi connectivity index (χ4n) is 3.68. The molecular formula is C22H19NO5S. The zero-order valence-corrected chi connectivity index (χ0v) is 16.7. The van der Waals surface area contributed by atoms with Gasteiger partial charge in [0, 0.05) is 34.4 Å².